The van der Waals surface area contributed by atoms with E-state index in [0.717, 1.165) is 34.0 Å². The molecule has 0 bridgehead atoms. The molecule has 3 nitrogen and oxygen atoms in total. The van der Waals surface area contributed by atoms with Crippen LogP contribution in [0, 0.1) is 0 Å². The number of hydrogen-bond donors (Lipinski definition) is 0. The van der Waals surface area contributed by atoms with Crippen molar-refractivity contribution in [2.45, 2.75) is 26.3 Å². The SMILES string of the molecule is COC1=CC=C(C2=NC(C)C=C(C=O)S2)CC(C)=C1. The Labute approximate surface area is 117 Å². The molecule has 2 rings (SSSR count). The van der Waals surface area contributed by atoms with E-state index in [9.17, 15) is 4.79 Å². The van der Waals surface area contributed by atoms with Gasteiger partial charge in [0.1, 0.15) is 5.76 Å². The van der Waals surface area contributed by atoms with Crippen LogP contribution in [0.4, 0.5) is 0 Å². The van der Waals surface area contributed by atoms with E-state index in [1.54, 1.807) is 7.11 Å². The zero-order valence-electron chi connectivity index (χ0n) is 11.3. The molecule has 0 N–H and O–H groups in total. The Morgan fingerprint density at radius 2 is 2.26 bits per heavy atom. The lowest BCUT2D eigenvalue weighted by molar-refractivity contribution is -0.104. The molecule has 0 fully saturated rings. The minimum absolute atomic E-state index is 0.0516. The molecule has 0 radical (unpaired) electrons. The lowest BCUT2D eigenvalue weighted by Gasteiger charge is -2.16. The van der Waals surface area contributed by atoms with Crippen molar-refractivity contribution in [3.63, 3.8) is 0 Å². The average Bonchev–Trinajstić information content (AvgIpc) is 2.59. The first-order chi connectivity index (χ1) is 9.12. The Balaban J connectivity index is 2.28. The molecule has 0 amide bonds. The minimum Gasteiger partial charge on any atom is -0.497 e. The summed E-state index contributed by atoms with van der Waals surface area (Å²) in [5.74, 6) is 0.841. The first-order valence-corrected chi connectivity index (χ1v) is 6.99. The van der Waals surface area contributed by atoms with Gasteiger partial charge in [0.05, 0.1) is 23.1 Å². The molecular weight excluding hydrogens is 258 g/mol. The summed E-state index contributed by atoms with van der Waals surface area (Å²) in [6, 6.07) is 0.0516. The maximum absolute atomic E-state index is 11.0. The summed E-state index contributed by atoms with van der Waals surface area (Å²) in [6.45, 7) is 4.06. The molecule has 0 aromatic rings. The van der Waals surface area contributed by atoms with E-state index in [1.165, 1.54) is 17.3 Å². The molecule has 19 heavy (non-hydrogen) atoms. The molecule has 1 unspecified atom stereocenters. The second-order valence-electron chi connectivity index (χ2n) is 4.60. The number of nitrogens with zero attached hydrogens (tertiary/aromatic N) is 1. The summed E-state index contributed by atoms with van der Waals surface area (Å²) in [5.41, 5.74) is 2.35. The Morgan fingerprint density at radius 3 is 2.95 bits per heavy atom. The average molecular weight is 275 g/mol. The smallest absolute Gasteiger partial charge is 0.156 e. The molecule has 0 saturated carbocycles. The minimum atomic E-state index is 0.0516. The Bertz CT molecular complexity index is 538. The van der Waals surface area contributed by atoms with Gasteiger partial charge in [-0.1, -0.05) is 23.4 Å². The van der Waals surface area contributed by atoms with Gasteiger partial charge in [-0.25, -0.2) is 0 Å². The zero-order chi connectivity index (χ0) is 13.8. The molecule has 1 aliphatic heterocycles. The van der Waals surface area contributed by atoms with Crippen LogP contribution in [0.25, 0.3) is 0 Å². The van der Waals surface area contributed by atoms with E-state index in [1.807, 2.05) is 31.2 Å². The number of carbonyl (C=O) groups excluding carboxylic acids is 1. The van der Waals surface area contributed by atoms with Gasteiger partial charge in [-0.05, 0) is 44.1 Å². The quantitative estimate of drug-likeness (QED) is 0.741. The molecule has 2 aliphatic rings. The Morgan fingerprint density at radius 1 is 1.47 bits per heavy atom. The molecule has 0 saturated heterocycles. The van der Waals surface area contributed by atoms with Gasteiger partial charge in [0, 0.05) is 0 Å². The van der Waals surface area contributed by atoms with Crippen molar-refractivity contribution < 1.29 is 9.53 Å². The number of carbonyl (C=O) groups is 1. The van der Waals surface area contributed by atoms with Gasteiger partial charge in [0.2, 0.25) is 0 Å². The number of aliphatic imine (C=N–C) groups is 1. The highest BCUT2D eigenvalue weighted by molar-refractivity contribution is 8.18. The summed E-state index contributed by atoms with van der Waals surface area (Å²) in [7, 11) is 1.66. The highest BCUT2D eigenvalue weighted by Gasteiger charge is 2.18. The molecule has 1 aliphatic carbocycles. The van der Waals surface area contributed by atoms with Gasteiger partial charge >= 0.3 is 0 Å². The molecule has 1 heterocycles. The number of rotatable bonds is 3. The number of methoxy groups -OCH3 is 1. The highest BCUT2D eigenvalue weighted by atomic mass is 32.2. The first kappa shape index (κ1) is 13.9. The van der Waals surface area contributed by atoms with Gasteiger partial charge in [-0.15, -0.1) is 0 Å². The predicted molar refractivity (Wildman–Crippen MR) is 80.2 cm³/mol. The third kappa shape index (κ3) is 3.47. The van der Waals surface area contributed by atoms with E-state index in [2.05, 4.69) is 11.9 Å². The van der Waals surface area contributed by atoms with Crippen molar-refractivity contribution >= 4 is 23.1 Å². The van der Waals surface area contributed by atoms with Crippen LogP contribution in [0.1, 0.15) is 20.3 Å². The molecule has 100 valence electrons. The van der Waals surface area contributed by atoms with Crippen LogP contribution in [0.3, 0.4) is 0 Å². The van der Waals surface area contributed by atoms with E-state index < -0.39 is 0 Å². The fourth-order valence-electron chi connectivity index (χ4n) is 2.00. The number of hydrogen-bond acceptors (Lipinski definition) is 4. The van der Waals surface area contributed by atoms with Crippen molar-refractivity contribution in [3.8, 4) is 0 Å². The normalized spacial score (nSPS) is 23.3. The van der Waals surface area contributed by atoms with Crippen molar-refractivity contribution in [1.82, 2.24) is 0 Å². The van der Waals surface area contributed by atoms with E-state index in [-0.39, 0.29) is 6.04 Å². The summed E-state index contributed by atoms with van der Waals surface area (Å²) < 4.78 is 5.27. The summed E-state index contributed by atoms with van der Waals surface area (Å²) in [5, 5.41) is 0.929. The topological polar surface area (TPSA) is 38.7 Å². The summed E-state index contributed by atoms with van der Waals surface area (Å²) in [6.07, 6.45) is 9.60. The Hall–Kier alpha value is -1.55. The van der Waals surface area contributed by atoms with Gasteiger partial charge in [0.15, 0.2) is 6.29 Å². The maximum atomic E-state index is 11.0. The second kappa shape index (κ2) is 6.06. The molecule has 1 atom stereocenters. The first-order valence-electron chi connectivity index (χ1n) is 6.17. The van der Waals surface area contributed by atoms with Gasteiger partial charge < -0.3 is 4.74 Å². The largest absolute Gasteiger partial charge is 0.497 e. The third-order valence-electron chi connectivity index (χ3n) is 2.87. The summed E-state index contributed by atoms with van der Waals surface area (Å²) >= 11 is 1.44. The van der Waals surface area contributed by atoms with E-state index in [0.29, 0.717) is 0 Å². The predicted octanol–water partition coefficient (Wildman–Crippen LogP) is 3.41. The molecular formula is C15H17NO2S. The molecule has 0 aromatic carbocycles. The zero-order valence-corrected chi connectivity index (χ0v) is 12.2. The lowest BCUT2D eigenvalue weighted by Crippen LogP contribution is -2.10. The van der Waals surface area contributed by atoms with Gasteiger partial charge in [-0.3, -0.25) is 9.79 Å². The molecule has 0 aromatic heterocycles. The van der Waals surface area contributed by atoms with Crippen LogP contribution >= 0.6 is 11.8 Å². The van der Waals surface area contributed by atoms with Crippen molar-refractivity contribution in [2.24, 2.45) is 4.99 Å². The molecule has 0 spiro atoms. The fourth-order valence-corrected chi connectivity index (χ4v) is 3.03. The number of allylic oxidation sites excluding steroid dienone is 5. The standard InChI is InChI=1S/C15H17NO2S/c1-10-6-12(4-5-13(7-10)18-3)15-16-11(2)8-14(9-17)19-15/h4-5,7-9,11H,6H2,1-3H3. The van der Waals surface area contributed by atoms with Crippen LogP contribution in [-0.4, -0.2) is 24.5 Å². The third-order valence-corrected chi connectivity index (χ3v) is 3.90. The van der Waals surface area contributed by atoms with Crippen LogP contribution in [-0.2, 0) is 9.53 Å². The van der Waals surface area contributed by atoms with Crippen LogP contribution in [0.15, 0.2) is 51.1 Å². The lowest BCUT2D eigenvalue weighted by atomic mass is 10.1. The number of ether oxygens (including phenoxy) is 1. The Kier molecular flexibility index (Phi) is 4.43. The van der Waals surface area contributed by atoms with Crippen molar-refractivity contribution in [2.75, 3.05) is 7.11 Å². The van der Waals surface area contributed by atoms with Gasteiger partial charge in [0.25, 0.3) is 0 Å². The van der Waals surface area contributed by atoms with Crippen LogP contribution in [0.2, 0.25) is 0 Å². The van der Waals surface area contributed by atoms with E-state index >= 15 is 0 Å². The molecule has 4 heteroatoms. The van der Waals surface area contributed by atoms with Crippen LogP contribution < -0.4 is 0 Å². The van der Waals surface area contributed by atoms with E-state index in [4.69, 9.17) is 4.74 Å². The van der Waals surface area contributed by atoms with Crippen molar-refractivity contribution in [3.05, 3.63) is 46.1 Å². The fraction of sp³-hybridized carbons (Fsp3) is 0.333. The van der Waals surface area contributed by atoms with Gasteiger partial charge in [-0.2, -0.15) is 0 Å². The second-order valence-corrected chi connectivity index (χ2v) is 5.66. The number of aldehydes is 1. The summed E-state index contributed by atoms with van der Waals surface area (Å²) in [4.78, 5) is 16.3. The van der Waals surface area contributed by atoms with Crippen molar-refractivity contribution in [1.29, 1.82) is 0 Å². The highest BCUT2D eigenvalue weighted by Crippen LogP contribution is 2.30. The number of thioether (sulfide) groups is 1. The maximum Gasteiger partial charge on any atom is 0.156 e. The van der Waals surface area contributed by atoms with Crippen LogP contribution in [0.5, 0.6) is 0 Å². The monoisotopic (exact) mass is 275 g/mol.